The van der Waals surface area contributed by atoms with Gasteiger partial charge in [0.2, 0.25) is 0 Å². The van der Waals surface area contributed by atoms with Gasteiger partial charge < -0.3 is 10.6 Å². The molecule has 0 amide bonds. The van der Waals surface area contributed by atoms with Gasteiger partial charge in [-0.15, -0.1) is 0 Å². The molecule has 0 aliphatic rings. The van der Waals surface area contributed by atoms with Crippen molar-refractivity contribution in [3.05, 3.63) is 59.9 Å². The van der Waals surface area contributed by atoms with Crippen LogP contribution in [-0.4, -0.2) is 12.4 Å². The van der Waals surface area contributed by atoms with Crippen molar-refractivity contribution in [1.82, 2.24) is 0 Å². The largest absolute Gasteiger partial charge is 0.384 e. The highest BCUT2D eigenvalue weighted by atomic mass is 19.1. The molecule has 0 spiro atoms. The number of para-hydroxylation sites is 1. The number of hydrogen-bond acceptors (Lipinski definition) is 2. The number of hydrogen-bond donors (Lipinski definition) is 2. The van der Waals surface area contributed by atoms with Gasteiger partial charge in [0, 0.05) is 17.8 Å². The van der Waals surface area contributed by atoms with Crippen molar-refractivity contribution in [2.75, 3.05) is 11.4 Å². The fraction of sp³-hybridized carbons (Fsp3) is 0.133. The third kappa shape index (κ3) is 2.73. The molecule has 3 N–H and O–H groups in total. The summed E-state index contributed by atoms with van der Waals surface area (Å²) in [5, 5.41) is 7.59. The van der Waals surface area contributed by atoms with Crippen LogP contribution >= 0.6 is 0 Å². The molecule has 0 bridgehead atoms. The van der Waals surface area contributed by atoms with Gasteiger partial charge in [0.1, 0.15) is 11.7 Å². The van der Waals surface area contributed by atoms with E-state index < -0.39 is 5.82 Å². The van der Waals surface area contributed by atoms with Gasteiger partial charge >= 0.3 is 0 Å². The quantitative estimate of drug-likeness (QED) is 0.652. The Morgan fingerprint density at radius 3 is 2.47 bits per heavy atom. The molecule has 98 valence electrons. The number of nitrogens with zero attached hydrogens (tertiary/aromatic N) is 1. The smallest absolute Gasteiger partial charge is 0.125 e. The lowest BCUT2D eigenvalue weighted by atomic mass is 10.1. The first-order valence-corrected chi connectivity index (χ1v) is 6.10. The van der Waals surface area contributed by atoms with Gasteiger partial charge in [0.15, 0.2) is 0 Å². The third-order valence-electron chi connectivity index (χ3n) is 2.92. The van der Waals surface area contributed by atoms with Crippen molar-refractivity contribution in [2.45, 2.75) is 6.92 Å². The first-order chi connectivity index (χ1) is 9.13. The number of rotatable bonds is 4. The van der Waals surface area contributed by atoms with E-state index in [1.54, 1.807) is 6.07 Å². The molecule has 0 aromatic heterocycles. The minimum Gasteiger partial charge on any atom is -0.384 e. The monoisotopic (exact) mass is 257 g/mol. The first kappa shape index (κ1) is 13.1. The van der Waals surface area contributed by atoms with Crippen LogP contribution in [0.1, 0.15) is 12.5 Å². The SMILES string of the molecule is CCN(c1ccccc1)c1ccc(F)cc1C(=N)N. The maximum absolute atomic E-state index is 13.3. The summed E-state index contributed by atoms with van der Waals surface area (Å²) in [6, 6.07) is 14.1. The maximum atomic E-state index is 13.3. The summed E-state index contributed by atoms with van der Waals surface area (Å²) in [7, 11) is 0. The molecule has 0 unspecified atom stereocenters. The topological polar surface area (TPSA) is 53.1 Å². The fourth-order valence-electron chi connectivity index (χ4n) is 2.06. The minimum atomic E-state index is -0.391. The van der Waals surface area contributed by atoms with E-state index >= 15 is 0 Å². The van der Waals surface area contributed by atoms with Crippen LogP contribution in [0.3, 0.4) is 0 Å². The van der Waals surface area contributed by atoms with Gasteiger partial charge in [-0.1, -0.05) is 18.2 Å². The minimum absolute atomic E-state index is 0.135. The fourth-order valence-corrected chi connectivity index (χ4v) is 2.06. The van der Waals surface area contributed by atoms with E-state index in [0.29, 0.717) is 12.1 Å². The van der Waals surface area contributed by atoms with Crippen LogP contribution in [0, 0.1) is 11.2 Å². The van der Waals surface area contributed by atoms with E-state index in [1.165, 1.54) is 12.1 Å². The molecule has 0 aliphatic carbocycles. The van der Waals surface area contributed by atoms with Crippen molar-refractivity contribution >= 4 is 17.2 Å². The highest BCUT2D eigenvalue weighted by molar-refractivity contribution is 6.01. The second-order valence-electron chi connectivity index (χ2n) is 4.15. The zero-order chi connectivity index (χ0) is 13.8. The maximum Gasteiger partial charge on any atom is 0.125 e. The van der Waals surface area contributed by atoms with Crippen molar-refractivity contribution in [3.8, 4) is 0 Å². The second kappa shape index (κ2) is 5.52. The molecule has 3 nitrogen and oxygen atoms in total. The molecule has 0 saturated carbocycles. The van der Waals surface area contributed by atoms with E-state index in [2.05, 4.69) is 0 Å². The Bertz CT molecular complexity index is 581. The summed E-state index contributed by atoms with van der Waals surface area (Å²) in [5.41, 5.74) is 7.68. The summed E-state index contributed by atoms with van der Waals surface area (Å²) < 4.78 is 13.3. The highest BCUT2D eigenvalue weighted by Gasteiger charge is 2.14. The molecule has 0 aliphatic heterocycles. The highest BCUT2D eigenvalue weighted by Crippen LogP contribution is 2.28. The lowest BCUT2D eigenvalue weighted by Gasteiger charge is -2.25. The predicted molar refractivity (Wildman–Crippen MR) is 76.5 cm³/mol. The van der Waals surface area contributed by atoms with Gasteiger partial charge in [-0.05, 0) is 37.3 Å². The second-order valence-corrected chi connectivity index (χ2v) is 4.15. The molecule has 0 fully saturated rings. The molecule has 19 heavy (non-hydrogen) atoms. The molecule has 0 saturated heterocycles. The molecule has 2 aromatic carbocycles. The van der Waals surface area contributed by atoms with E-state index in [9.17, 15) is 4.39 Å². The molecular weight excluding hydrogens is 241 g/mol. The van der Waals surface area contributed by atoms with Crippen molar-refractivity contribution < 1.29 is 4.39 Å². The zero-order valence-electron chi connectivity index (χ0n) is 10.7. The number of halogens is 1. The lowest BCUT2D eigenvalue weighted by Crippen LogP contribution is -2.22. The van der Waals surface area contributed by atoms with Crippen molar-refractivity contribution in [2.24, 2.45) is 5.73 Å². The Labute approximate surface area is 112 Å². The van der Waals surface area contributed by atoms with Crippen LogP contribution in [-0.2, 0) is 0 Å². The molecule has 2 aromatic rings. The Kier molecular flexibility index (Phi) is 3.80. The molecular formula is C15H16FN3. The number of nitrogens with two attached hydrogens (primary N) is 1. The Hall–Kier alpha value is -2.36. The summed E-state index contributed by atoms with van der Waals surface area (Å²) in [5.74, 6) is -0.526. The van der Waals surface area contributed by atoms with Crippen LogP contribution < -0.4 is 10.6 Å². The number of benzene rings is 2. The van der Waals surface area contributed by atoms with Gasteiger partial charge in [-0.25, -0.2) is 4.39 Å². The van der Waals surface area contributed by atoms with Crippen LogP contribution in [0.25, 0.3) is 0 Å². The number of nitrogens with one attached hydrogen (secondary N) is 1. The molecule has 0 atom stereocenters. The van der Waals surface area contributed by atoms with E-state index in [4.69, 9.17) is 11.1 Å². The lowest BCUT2D eigenvalue weighted by molar-refractivity contribution is 0.627. The average molecular weight is 257 g/mol. The van der Waals surface area contributed by atoms with Crippen LogP contribution in [0.15, 0.2) is 48.5 Å². The normalized spacial score (nSPS) is 10.2. The number of anilines is 2. The number of amidine groups is 1. The summed E-state index contributed by atoms with van der Waals surface area (Å²) in [6.45, 7) is 2.70. The Morgan fingerprint density at radius 2 is 1.89 bits per heavy atom. The van der Waals surface area contributed by atoms with Gasteiger partial charge in [-0.3, -0.25) is 5.41 Å². The van der Waals surface area contributed by atoms with Gasteiger partial charge in [0.05, 0.1) is 5.69 Å². The third-order valence-corrected chi connectivity index (χ3v) is 2.92. The number of nitrogen functional groups attached to an aromatic ring is 1. The van der Waals surface area contributed by atoms with Crippen molar-refractivity contribution in [1.29, 1.82) is 5.41 Å². The Balaban J connectivity index is 2.53. The molecule has 0 heterocycles. The van der Waals surface area contributed by atoms with E-state index in [0.717, 1.165) is 11.4 Å². The first-order valence-electron chi connectivity index (χ1n) is 6.10. The summed E-state index contributed by atoms with van der Waals surface area (Å²) in [4.78, 5) is 2.00. The molecule has 0 radical (unpaired) electrons. The van der Waals surface area contributed by atoms with Crippen LogP contribution in [0.2, 0.25) is 0 Å². The molecule has 4 heteroatoms. The zero-order valence-corrected chi connectivity index (χ0v) is 10.7. The molecule has 2 rings (SSSR count). The average Bonchev–Trinajstić information content (AvgIpc) is 2.42. The predicted octanol–water partition coefficient (Wildman–Crippen LogP) is 3.27. The Morgan fingerprint density at radius 1 is 1.21 bits per heavy atom. The van der Waals surface area contributed by atoms with Crippen LogP contribution in [0.5, 0.6) is 0 Å². The summed E-state index contributed by atoms with van der Waals surface area (Å²) >= 11 is 0. The van der Waals surface area contributed by atoms with Crippen molar-refractivity contribution in [3.63, 3.8) is 0 Å². The van der Waals surface area contributed by atoms with Crippen LogP contribution in [0.4, 0.5) is 15.8 Å². The van der Waals surface area contributed by atoms with E-state index in [-0.39, 0.29) is 5.84 Å². The van der Waals surface area contributed by atoms with Gasteiger partial charge in [0.25, 0.3) is 0 Å². The van der Waals surface area contributed by atoms with E-state index in [1.807, 2.05) is 42.2 Å². The standard InChI is InChI=1S/C15H16FN3/c1-2-19(12-6-4-3-5-7-12)14-9-8-11(16)10-13(14)15(17)18/h3-10H,2H2,1H3,(H3,17,18). The summed E-state index contributed by atoms with van der Waals surface area (Å²) in [6.07, 6.45) is 0. The van der Waals surface area contributed by atoms with Gasteiger partial charge in [-0.2, -0.15) is 0 Å².